The molecule has 2 aliphatic rings. The van der Waals surface area contributed by atoms with Crippen LogP contribution < -0.4 is 10.2 Å². The number of quaternary nitrogens is 1. The maximum Gasteiger partial charge on any atom is 0.251 e. The predicted molar refractivity (Wildman–Crippen MR) is 99.5 cm³/mol. The summed E-state index contributed by atoms with van der Waals surface area (Å²) >= 11 is 5.82. The minimum Gasteiger partial charge on any atom is -0.372 e. The minimum absolute atomic E-state index is 0.109. The zero-order chi connectivity index (χ0) is 18.4. The number of amides is 2. The summed E-state index contributed by atoms with van der Waals surface area (Å²) < 4.78 is 5.70. The van der Waals surface area contributed by atoms with Gasteiger partial charge < -0.3 is 19.9 Å². The van der Waals surface area contributed by atoms with Gasteiger partial charge in [-0.1, -0.05) is 11.6 Å². The molecule has 2 N–H and O–H groups in total. The number of nitrogens with zero attached hydrogens (tertiary/aromatic N) is 1. The maximum atomic E-state index is 12.3. The third kappa shape index (κ3) is 5.43. The highest BCUT2D eigenvalue weighted by atomic mass is 35.5. The Morgan fingerprint density at radius 1 is 1.23 bits per heavy atom. The van der Waals surface area contributed by atoms with Gasteiger partial charge in [0.2, 0.25) is 5.91 Å². The summed E-state index contributed by atoms with van der Waals surface area (Å²) in [5, 5.41) is 3.39. The van der Waals surface area contributed by atoms with Crippen molar-refractivity contribution in [2.24, 2.45) is 0 Å². The van der Waals surface area contributed by atoms with Gasteiger partial charge in [-0.2, -0.15) is 0 Å². The molecule has 2 fully saturated rings. The molecule has 0 radical (unpaired) electrons. The van der Waals surface area contributed by atoms with Crippen molar-refractivity contribution in [1.82, 2.24) is 10.2 Å². The number of rotatable bonds is 6. The molecule has 2 amide bonds. The van der Waals surface area contributed by atoms with Crippen molar-refractivity contribution in [2.75, 3.05) is 45.9 Å². The first-order valence-electron chi connectivity index (χ1n) is 9.38. The quantitative estimate of drug-likeness (QED) is 0.749. The molecule has 26 heavy (non-hydrogen) atoms. The fourth-order valence-electron chi connectivity index (χ4n) is 3.55. The van der Waals surface area contributed by atoms with Gasteiger partial charge in [0.05, 0.1) is 26.2 Å². The van der Waals surface area contributed by atoms with Crippen molar-refractivity contribution >= 4 is 23.4 Å². The van der Waals surface area contributed by atoms with Crippen LogP contribution in [0.3, 0.4) is 0 Å². The van der Waals surface area contributed by atoms with Crippen LogP contribution in [0, 0.1) is 0 Å². The van der Waals surface area contributed by atoms with Crippen LogP contribution >= 0.6 is 11.6 Å². The van der Waals surface area contributed by atoms with Crippen LogP contribution in [0.25, 0.3) is 0 Å². The van der Waals surface area contributed by atoms with Gasteiger partial charge in [-0.25, -0.2) is 0 Å². The van der Waals surface area contributed by atoms with Gasteiger partial charge in [-0.3, -0.25) is 9.59 Å². The lowest BCUT2D eigenvalue weighted by Crippen LogP contribution is -3.15. The largest absolute Gasteiger partial charge is 0.372 e. The van der Waals surface area contributed by atoms with Crippen molar-refractivity contribution in [3.8, 4) is 0 Å². The number of hydrogen-bond donors (Lipinski definition) is 2. The van der Waals surface area contributed by atoms with Crippen LogP contribution in [-0.4, -0.2) is 68.7 Å². The van der Waals surface area contributed by atoms with E-state index < -0.39 is 0 Å². The Morgan fingerprint density at radius 3 is 2.62 bits per heavy atom. The molecule has 1 aromatic carbocycles. The van der Waals surface area contributed by atoms with Crippen molar-refractivity contribution in [2.45, 2.75) is 25.4 Å². The summed E-state index contributed by atoms with van der Waals surface area (Å²) in [6.45, 7) is 5.82. The normalized spacial score (nSPS) is 21.0. The van der Waals surface area contributed by atoms with Crippen molar-refractivity contribution in [3.63, 3.8) is 0 Å². The molecule has 2 heterocycles. The fourth-order valence-corrected chi connectivity index (χ4v) is 3.67. The molecule has 1 aromatic rings. The van der Waals surface area contributed by atoms with Crippen LogP contribution in [-0.2, 0) is 9.53 Å². The summed E-state index contributed by atoms with van der Waals surface area (Å²) in [5.41, 5.74) is 0.549. The number of hydrogen-bond acceptors (Lipinski definition) is 3. The molecule has 0 aromatic heterocycles. The number of halogens is 1. The van der Waals surface area contributed by atoms with E-state index in [2.05, 4.69) is 5.32 Å². The number of carbonyl (C=O) groups is 2. The summed E-state index contributed by atoms with van der Waals surface area (Å²) in [7, 11) is 0. The Labute approximate surface area is 159 Å². The van der Waals surface area contributed by atoms with Crippen LogP contribution in [0.2, 0.25) is 5.02 Å². The van der Waals surface area contributed by atoms with Crippen molar-refractivity contribution in [1.29, 1.82) is 0 Å². The highest BCUT2D eigenvalue weighted by Gasteiger charge is 2.27. The first-order chi connectivity index (χ1) is 12.6. The van der Waals surface area contributed by atoms with Gasteiger partial charge in [0.25, 0.3) is 5.91 Å². The SMILES string of the molecule is O=C(NCCC(=O)N1CC[NH+](C[C@@H]2CCCO2)CC1)c1ccc(Cl)cc1. The predicted octanol–water partition coefficient (Wildman–Crippen LogP) is 0.366. The van der Waals surface area contributed by atoms with Gasteiger partial charge in [0.15, 0.2) is 0 Å². The summed E-state index contributed by atoms with van der Waals surface area (Å²) in [4.78, 5) is 27.8. The van der Waals surface area contributed by atoms with E-state index in [9.17, 15) is 9.59 Å². The third-order valence-electron chi connectivity index (χ3n) is 5.09. The van der Waals surface area contributed by atoms with E-state index in [4.69, 9.17) is 16.3 Å². The van der Waals surface area contributed by atoms with Gasteiger partial charge in [-0.15, -0.1) is 0 Å². The lowest BCUT2D eigenvalue weighted by molar-refractivity contribution is -0.906. The zero-order valence-corrected chi connectivity index (χ0v) is 15.8. The molecule has 1 atom stereocenters. The average Bonchev–Trinajstić information content (AvgIpc) is 3.15. The van der Waals surface area contributed by atoms with Gasteiger partial charge in [0.1, 0.15) is 12.6 Å². The molecule has 7 heteroatoms. The topological polar surface area (TPSA) is 63.1 Å². The van der Waals surface area contributed by atoms with Crippen LogP contribution in [0.1, 0.15) is 29.6 Å². The molecule has 6 nitrogen and oxygen atoms in total. The lowest BCUT2D eigenvalue weighted by Gasteiger charge is -2.33. The second-order valence-electron chi connectivity index (χ2n) is 6.98. The number of ether oxygens (including phenoxy) is 1. The molecule has 142 valence electrons. The Morgan fingerprint density at radius 2 is 1.96 bits per heavy atom. The maximum absolute atomic E-state index is 12.3. The number of piperazine rings is 1. The first kappa shape index (κ1) is 19.1. The first-order valence-corrected chi connectivity index (χ1v) is 9.76. The molecule has 0 saturated carbocycles. The van der Waals surface area contributed by atoms with E-state index in [1.165, 1.54) is 17.7 Å². The molecule has 3 rings (SSSR count). The van der Waals surface area contributed by atoms with Gasteiger partial charge in [-0.05, 0) is 37.1 Å². The van der Waals surface area contributed by atoms with E-state index in [0.29, 0.717) is 29.7 Å². The van der Waals surface area contributed by atoms with E-state index >= 15 is 0 Å². The Balaban J connectivity index is 1.33. The monoisotopic (exact) mass is 380 g/mol. The van der Waals surface area contributed by atoms with E-state index in [1.54, 1.807) is 24.3 Å². The lowest BCUT2D eigenvalue weighted by atomic mass is 10.2. The van der Waals surface area contributed by atoms with E-state index in [1.807, 2.05) is 4.90 Å². The second kappa shape index (κ2) is 9.35. The number of carbonyl (C=O) groups excluding carboxylic acids is 2. The molecule has 0 aliphatic carbocycles. The summed E-state index contributed by atoms with van der Waals surface area (Å²) in [6.07, 6.45) is 3.07. The second-order valence-corrected chi connectivity index (χ2v) is 7.42. The molecule has 0 spiro atoms. The van der Waals surface area contributed by atoms with Gasteiger partial charge in [0, 0.05) is 30.2 Å². The van der Waals surface area contributed by atoms with Crippen molar-refractivity contribution < 1.29 is 19.2 Å². The molecular formula is C19H27ClN3O3+. The van der Waals surface area contributed by atoms with Crippen LogP contribution in [0.4, 0.5) is 0 Å². The van der Waals surface area contributed by atoms with Gasteiger partial charge >= 0.3 is 0 Å². The standard InChI is InChI=1S/C19H26ClN3O3/c20-16-5-3-15(4-6-16)19(25)21-8-7-18(24)23-11-9-22(10-12-23)14-17-2-1-13-26-17/h3-6,17H,1-2,7-14H2,(H,21,25)/p+1/t17-/m0/s1. The average molecular weight is 381 g/mol. The molecular weight excluding hydrogens is 354 g/mol. The molecule has 0 bridgehead atoms. The Kier molecular flexibility index (Phi) is 6.88. The minimum atomic E-state index is -0.180. The summed E-state index contributed by atoms with van der Waals surface area (Å²) in [5.74, 6) is -0.0714. The number of nitrogens with one attached hydrogen (secondary N) is 2. The highest BCUT2D eigenvalue weighted by Crippen LogP contribution is 2.10. The summed E-state index contributed by atoms with van der Waals surface area (Å²) in [6, 6.07) is 6.71. The number of benzene rings is 1. The molecule has 2 aliphatic heterocycles. The third-order valence-corrected chi connectivity index (χ3v) is 5.35. The Hall–Kier alpha value is -1.63. The van der Waals surface area contributed by atoms with E-state index in [0.717, 1.165) is 39.3 Å². The van der Waals surface area contributed by atoms with Crippen LogP contribution in [0.15, 0.2) is 24.3 Å². The Bertz CT molecular complexity index is 609. The zero-order valence-electron chi connectivity index (χ0n) is 15.0. The fraction of sp³-hybridized carbons (Fsp3) is 0.579. The van der Waals surface area contributed by atoms with E-state index in [-0.39, 0.29) is 11.8 Å². The van der Waals surface area contributed by atoms with Crippen LogP contribution in [0.5, 0.6) is 0 Å². The molecule has 2 saturated heterocycles. The molecule has 0 unspecified atom stereocenters. The smallest absolute Gasteiger partial charge is 0.251 e. The highest BCUT2D eigenvalue weighted by molar-refractivity contribution is 6.30. The van der Waals surface area contributed by atoms with Crippen molar-refractivity contribution in [3.05, 3.63) is 34.9 Å².